The lowest BCUT2D eigenvalue weighted by Gasteiger charge is -2.08. The van der Waals surface area contributed by atoms with Gasteiger partial charge in [0, 0.05) is 27.8 Å². The number of hydrogen-bond donors (Lipinski definition) is 1. The van der Waals surface area contributed by atoms with Crippen LogP contribution in [0.1, 0.15) is 12.5 Å². The van der Waals surface area contributed by atoms with Crippen molar-refractivity contribution >= 4 is 43.9 Å². The van der Waals surface area contributed by atoms with E-state index in [1.165, 1.54) is 23.9 Å². The molecule has 0 spiro atoms. The molecule has 3 aromatic carbocycles. The van der Waals surface area contributed by atoms with Crippen LogP contribution in [-0.2, 0) is 27.6 Å². The minimum Gasteiger partial charge on any atom is -0.337 e. The number of benzene rings is 3. The molecule has 0 saturated carbocycles. The highest BCUT2D eigenvalue weighted by Gasteiger charge is 2.23. The number of hydrogen-bond acceptors (Lipinski definition) is 3. The van der Waals surface area contributed by atoms with E-state index in [0.29, 0.717) is 21.6 Å². The number of anilines is 1. The number of halogens is 1. The Hall–Kier alpha value is -3.09. The van der Waals surface area contributed by atoms with Gasteiger partial charge < -0.3 is 9.88 Å². The number of aryl methyl sites for hydroxylation is 1. The van der Waals surface area contributed by atoms with Gasteiger partial charge in [-0.05, 0) is 54.4 Å². The largest absolute Gasteiger partial charge is 0.337 e. The standard InChI is InChI=1S/C24H21ClN2O3S/c1-2-17-7-11-19(12-8-17)26-24(28)16-27-15-23(21-5-3-4-6-22(21)27)31(29,30)20-13-9-18(25)10-14-20/h3-15H,2,16H2,1H3,(H,26,28). The monoisotopic (exact) mass is 452 g/mol. The van der Waals surface area contributed by atoms with Crippen LogP contribution in [0.3, 0.4) is 0 Å². The minimum absolute atomic E-state index is 0.00776. The Bertz CT molecular complexity index is 1340. The number of aromatic nitrogens is 1. The van der Waals surface area contributed by atoms with E-state index < -0.39 is 9.84 Å². The van der Waals surface area contributed by atoms with Crippen molar-refractivity contribution in [1.82, 2.24) is 4.57 Å². The number of para-hydroxylation sites is 1. The van der Waals surface area contributed by atoms with Crippen molar-refractivity contribution in [3.63, 3.8) is 0 Å². The number of rotatable bonds is 6. The number of nitrogens with zero attached hydrogens (tertiary/aromatic N) is 1. The van der Waals surface area contributed by atoms with Crippen molar-refractivity contribution in [2.24, 2.45) is 0 Å². The molecule has 0 fully saturated rings. The molecule has 4 rings (SSSR count). The first kappa shape index (κ1) is 21.2. The molecule has 1 heterocycles. The molecule has 0 bridgehead atoms. The summed E-state index contributed by atoms with van der Waals surface area (Å²) in [5, 5.41) is 3.90. The van der Waals surface area contributed by atoms with E-state index in [1.807, 2.05) is 30.3 Å². The molecule has 1 N–H and O–H groups in total. The minimum atomic E-state index is -3.78. The highest BCUT2D eigenvalue weighted by molar-refractivity contribution is 7.91. The first-order chi connectivity index (χ1) is 14.9. The molecule has 31 heavy (non-hydrogen) atoms. The maximum atomic E-state index is 13.3. The van der Waals surface area contributed by atoms with Crippen molar-refractivity contribution in [2.45, 2.75) is 29.7 Å². The smallest absolute Gasteiger partial charge is 0.244 e. The molecule has 158 valence electrons. The van der Waals surface area contributed by atoms with Gasteiger partial charge in [-0.3, -0.25) is 4.79 Å². The van der Waals surface area contributed by atoms with E-state index in [1.54, 1.807) is 34.9 Å². The third-order valence-corrected chi connectivity index (χ3v) is 7.17. The predicted molar refractivity (Wildman–Crippen MR) is 123 cm³/mol. The highest BCUT2D eigenvalue weighted by Crippen LogP contribution is 2.30. The molecule has 1 aromatic heterocycles. The number of nitrogens with one attached hydrogen (secondary N) is 1. The molecule has 4 aromatic rings. The zero-order valence-corrected chi connectivity index (χ0v) is 18.5. The van der Waals surface area contributed by atoms with Crippen molar-refractivity contribution < 1.29 is 13.2 Å². The molecule has 0 atom stereocenters. The Kier molecular flexibility index (Phi) is 5.85. The van der Waals surface area contributed by atoms with Gasteiger partial charge in [-0.2, -0.15) is 0 Å². The van der Waals surface area contributed by atoms with Gasteiger partial charge in [0.05, 0.1) is 9.79 Å². The van der Waals surface area contributed by atoms with E-state index in [-0.39, 0.29) is 22.2 Å². The van der Waals surface area contributed by atoms with E-state index in [9.17, 15) is 13.2 Å². The molecule has 7 heteroatoms. The van der Waals surface area contributed by atoms with Gasteiger partial charge >= 0.3 is 0 Å². The number of carbonyl (C=O) groups is 1. The van der Waals surface area contributed by atoms with Crippen LogP contribution in [0.4, 0.5) is 5.69 Å². The second kappa shape index (κ2) is 8.57. The summed E-state index contributed by atoms with van der Waals surface area (Å²) in [6.07, 6.45) is 2.45. The zero-order chi connectivity index (χ0) is 22.0. The van der Waals surface area contributed by atoms with Crippen molar-refractivity contribution in [3.8, 4) is 0 Å². The van der Waals surface area contributed by atoms with Crippen LogP contribution in [0.5, 0.6) is 0 Å². The Morgan fingerprint density at radius 1 is 0.968 bits per heavy atom. The van der Waals surface area contributed by atoms with Crippen LogP contribution in [0.15, 0.2) is 88.8 Å². The Morgan fingerprint density at radius 3 is 2.32 bits per heavy atom. The van der Waals surface area contributed by atoms with Crippen LogP contribution in [0.2, 0.25) is 5.02 Å². The summed E-state index contributed by atoms with van der Waals surface area (Å²) in [6.45, 7) is 2.06. The number of sulfone groups is 1. The maximum Gasteiger partial charge on any atom is 0.244 e. The number of amides is 1. The molecular formula is C24H21ClN2O3S. The fraction of sp³-hybridized carbons (Fsp3) is 0.125. The van der Waals surface area contributed by atoms with Crippen molar-refractivity contribution in [3.05, 3.63) is 89.6 Å². The summed E-state index contributed by atoms with van der Waals surface area (Å²) in [6, 6.07) is 20.9. The summed E-state index contributed by atoms with van der Waals surface area (Å²) in [5.41, 5.74) is 2.56. The number of fused-ring (bicyclic) bond motifs is 1. The summed E-state index contributed by atoms with van der Waals surface area (Å²) in [5.74, 6) is -0.236. The molecule has 5 nitrogen and oxygen atoms in total. The van der Waals surface area contributed by atoms with Gasteiger partial charge in [-0.15, -0.1) is 0 Å². The average Bonchev–Trinajstić information content (AvgIpc) is 3.14. The van der Waals surface area contributed by atoms with E-state index in [0.717, 1.165) is 6.42 Å². The van der Waals surface area contributed by atoms with Crippen molar-refractivity contribution in [1.29, 1.82) is 0 Å². The van der Waals surface area contributed by atoms with Gasteiger partial charge in [0.25, 0.3) is 0 Å². The fourth-order valence-electron chi connectivity index (χ4n) is 3.48. The number of carbonyl (C=O) groups excluding carboxylic acids is 1. The molecule has 0 aliphatic rings. The molecule has 0 unspecified atom stereocenters. The van der Waals surface area contributed by atoms with E-state index in [2.05, 4.69) is 12.2 Å². The summed E-state index contributed by atoms with van der Waals surface area (Å²) in [4.78, 5) is 13.0. The lowest BCUT2D eigenvalue weighted by Crippen LogP contribution is -2.18. The van der Waals surface area contributed by atoms with Crippen LogP contribution in [0, 0.1) is 0 Å². The highest BCUT2D eigenvalue weighted by atomic mass is 35.5. The SMILES string of the molecule is CCc1ccc(NC(=O)Cn2cc(S(=O)(=O)c3ccc(Cl)cc3)c3ccccc32)cc1. The molecular weight excluding hydrogens is 432 g/mol. The first-order valence-electron chi connectivity index (χ1n) is 9.86. The Labute approximate surface area is 186 Å². The lowest BCUT2D eigenvalue weighted by molar-refractivity contribution is -0.116. The second-order valence-corrected chi connectivity index (χ2v) is 9.55. The fourth-order valence-corrected chi connectivity index (χ4v) is 5.08. The molecule has 0 aliphatic heterocycles. The van der Waals surface area contributed by atoms with E-state index >= 15 is 0 Å². The van der Waals surface area contributed by atoms with Gasteiger partial charge in [0.15, 0.2) is 0 Å². The summed E-state index contributed by atoms with van der Waals surface area (Å²) in [7, 11) is -3.78. The molecule has 0 saturated heterocycles. The Balaban J connectivity index is 1.66. The molecule has 1 amide bonds. The third-order valence-electron chi connectivity index (χ3n) is 5.13. The van der Waals surface area contributed by atoms with Crippen LogP contribution in [0.25, 0.3) is 10.9 Å². The van der Waals surface area contributed by atoms with Crippen LogP contribution in [-0.4, -0.2) is 18.9 Å². The van der Waals surface area contributed by atoms with Crippen molar-refractivity contribution in [2.75, 3.05) is 5.32 Å². The van der Waals surface area contributed by atoms with Gasteiger partial charge in [-0.25, -0.2) is 8.42 Å². The van der Waals surface area contributed by atoms with Gasteiger partial charge in [0.1, 0.15) is 6.54 Å². The zero-order valence-electron chi connectivity index (χ0n) is 16.9. The summed E-state index contributed by atoms with van der Waals surface area (Å²) < 4.78 is 28.2. The summed E-state index contributed by atoms with van der Waals surface area (Å²) >= 11 is 5.90. The van der Waals surface area contributed by atoms with E-state index in [4.69, 9.17) is 11.6 Å². The second-order valence-electron chi connectivity index (χ2n) is 7.19. The lowest BCUT2D eigenvalue weighted by atomic mass is 10.1. The predicted octanol–water partition coefficient (Wildman–Crippen LogP) is 5.33. The first-order valence-corrected chi connectivity index (χ1v) is 11.7. The van der Waals surface area contributed by atoms with Gasteiger partial charge in [0.2, 0.25) is 15.7 Å². The van der Waals surface area contributed by atoms with Crippen LogP contribution < -0.4 is 5.32 Å². The Morgan fingerprint density at radius 2 is 1.65 bits per heavy atom. The van der Waals surface area contributed by atoms with Crippen LogP contribution >= 0.6 is 11.6 Å². The molecule has 0 aliphatic carbocycles. The maximum absolute atomic E-state index is 13.3. The molecule has 0 radical (unpaired) electrons. The third kappa shape index (κ3) is 4.36. The average molecular weight is 453 g/mol. The topological polar surface area (TPSA) is 68.2 Å². The van der Waals surface area contributed by atoms with Gasteiger partial charge in [-0.1, -0.05) is 48.9 Å². The normalized spacial score (nSPS) is 11.5. The quantitative estimate of drug-likeness (QED) is 0.430.